The minimum absolute atomic E-state index is 0.380. The van der Waals surface area contributed by atoms with Crippen LogP contribution in [0.15, 0.2) is 35.7 Å². The maximum Gasteiger partial charge on any atom is 0.128 e. The molecular weight excluding hydrogens is 272 g/mol. The largest absolute Gasteiger partial charge is 0.497 e. The zero-order chi connectivity index (χ0) is 14.5. The predicted octanol–water partition coefficient (Wildman–Crippen LogP) is 3.12. The highest BCUT2D eigenvalue weighted by Gasteiger charge is 2.14. The summed E-state index contributed by atoms with van der Waals surface area (Å²) in [7, 11) is 3.14. The van der Waals surface area contributed by atoms with Crippen molar-refractivity contribution in [1.82, 2.24) is 0 Å². The van der Waals surface area contributed by atoms with Gasteiger partial charge in [-0.25, -0.2) is 0 Å². The van der Waals surface area contributed by atoms with Gasteiger partial charge in [0.2, 0.25) is 0 Å². The van der Waals surface area contributed by atoms with Crippen molar-refractivity contribution in [3.63, 3.8) is 0 Å². The van der Waals surface area contributed by atoms with Gasteiger partial charge in [-0.3, -0.25) is 0 Å². The first-order valence-corrected chi connectivity index (χ1v) is 6.75. The quantitative estimate of drug-likeness (QED) is 0.877. The number of benzene rings is 1. The van der Waals surface area contributed by atoms with Gasteiger partial charge in [-0.1, -0.05) is 6.07 Å². The number of allylic oxidation sites excluding steroid dienone is 1. The Morgan fingerprint density at radius 1 is 1.25 bits per heavy atom. The molecule has 0 spiro atoms. The number of nitrogens with zero attached hydrogens (tertiary/aromatic N) is 1. The summed E-state index contributed by atoms with van der Waals surface area (Å²) < 4.78 is 10.5. The molecule has 0 aliphatic heterocycles. The zero-order valence-electron chi connectivity index (χ0n) is 11.2. The van der Waals surface area contributed by atoms with Crippen LogP contribution in [0.2, 0.25) is 0 Å². The number of nitrogens with two attached hydrogens (primary N) is 1. The van der Waals surface area contributed by atoms with E-state index in [2.05, 4.69) is 6.07 Å². The molecule has 1 heterocycles. The van der Waals surface area contributed by atoms with Crippen molar-refractivity contribution in [3.8, 4) is 17.6 Å². The van der Waals surface area contributed by atoms with Crippen LogP contribution in [0.4, 0.5) is 0 Å². The van der Waals surface area contributed by atoms with Crippen LogP contribution in [0.5, 0.6) is 11.5 Å². The summed E-state index contributed by atoms with van der Waals surface area (Å²) in [5.41, 5.74) is 7.64. The highest BCUT2D eigenvalue weighted by molar-refractivity contribution is 7.11. The molecule has 102 valence electrons. The molecule has 0 atom stereocenters. The second-order valence-electron chi connectivity index (χ2n) is 3.94. The number of hydrogen-bond acceptors (Lipinski definition) is 5. The molecule has 1 aromatic heterocycles. The van der Waals surface area contributed by atoms with Gasteiger partial charge >= 0.3 is 0 Å². The molecule has 0 unspecified atom stereocenters. The van der Waals surface area contributed by atoms with Crippen LogP contribution in [0.3, 0.4) is 0 Å². The van der Waals surface area contributed by atoms with Crippen LogP contribution in [0, 0.1) is 11.3 Å². The summed E-state index contributed by atoms with van der Waals surface area (Å²) in [6.45, 7) is 0. The smallest absolute Gasteiger partial charge is 0.128 e. The molecule has 2 aromatic rings. The minimum atomic E-state index is 0.380. The van der Waals surface area contributed by atoms with Gasteiger partial charge in [-0.15, -0.1) is 11.3 Å². The Kier molecular flexibility index (Phi) is 4.28. The van der Waals surface area contributed by atoms with Gasteiger partial charge in [-0.05, 0) is 29.6 Å². The second-order valence-corrected chi connectivity index (χ2v) is 4.89. The van der Waals surface area contributed by atoms with Crippen molar-refractivity contribution < 1.29 is 9.47 Å². The maximum absolute atomic E-state index is 9.37. The van der Waals surface area contributed by atoms with Crippen LogP contribution < -0.4 is 15.2 Å². The monoisotopic (exact) mass is 286 g/mol. The van der Waals surface area contributed by atoms with Crippen molar-refractivity contribution in [2.24, 2.45) is 5.73 Å². The number of thiophene rings is 1. The molecule has 2 N–H and O–H groups in total. The summed E-state index contributed by atoms with van der Waals surface area (Å²) in [6.07, 6.45) is 0. The molecule has 0 radical (unpaired) electrons. The predicted molar refractivity (Wildman–Crippen MR) is 80.5 cm³/mol. The number of ether oxygens (including phenoxy) is 2. The van der Waals surface area contributed by atoms with Gasteiger partial charge < -0.3 is 15.2 Å². The van der Waals surface area contributed by atoms with E-state index in [0.29, 0.717) is 28.3 Å². The van der Waals surface area contributed by atoms with Crippen LogP contribution >= 0.6 is 11.3 Å². The Balaban J connectivity index is 2.62. The van der Waals surface area contributed by atoms with E-state index in [-0.39, 0.29) is 0 Å². The molecule has 0 aliphatic rings. The zero-order valence-corrected chi connectivity index (χ0v) is 12.0. The molecule has 0 amide bonds. The van der Waals surface area contributed by atoms with Gasteiger partial charge in [-0.2, -0.15) is 5.26 Å². The molecule has 0 saturated carbocycles. The Hall–Kier alpha value is -2.45. The van der Waals surface area contributed by atoms with Gasteiger partial charge in [0.15, 0.2) is 0 Å². The topological polar surface area (TPSA) is 68.3 Å². The lowest BCUT2D eigenvalue weighted by atomic mass is 10.0. The summed E-state index contributed by atoms with van der Waals surface area (Å²) >= 11 is 1.47. The third-order valence-electron chi connectivity index (χ3n) is 2.85. The summed E-state index contributed by atoms with van der Waals surface area (Å²) in [4.78, 5) is 0.829. The standard InChI is InChI=1S/C15H14N2O2S/c1-18-10-5-6-13(19-2)11(8-10)15(17)12(9-16)14-4-3-7-20-14/h3-8H,17H2,1-2H3/b15-12+. The van der Waals surface area contributed by atoms with Gasteiger partial charge in [0.1, 0.15) is 17.6 Å². The Bertz CT molecular complexity index is 670. The van der Waals surface area contributed by atoms with E-state index < -0.39 is 0 Å². The molecular formula is C15H14N2O2S. The first-order valence-electron chi connectivity index (χ1n) is 5.87. The lowest BCUT2D eigenvalue weighted by Crippen LogP contribution is -2.03. The third kappa shape index (κ3) is 2.60. The molecule has 0 aliphatic carbocycles. The van der Waals surface area contributed by atoms with Crippen LogP contribution in [0.1, 0.15) is 10.4 Å². The Morgan fingerprint density at radius 3 is 2.60 bits per heavy atom. The third-order valence-corrected chi connectivity index (χ3v) is 3.73. The molecule has 4 nitrogen and oxygen atoms in total. The van der Waals surface area contributed by atoms with E-state index in [0.717, 1.165) is 4.88 Å². The van der Waals surface area contributed by atoms with Crippen LogP contribution in [0.25, 0.3) is 11.3 Å². The highest BCUT2D eigenvalue weighted by Crippen LogP contribution is 2.32. The van der Waals surface area contributed by atoms with E-state index >= 15 is 0 Å². The SMILES string of the molecule is COc1ccc(OC)c(/C(N)=C(/C#N)c2cccs2)c1. The first kappa shape index (κ1) is 14.0. The molecule has 1 aromatic carbocycles. The normalized spacial score (nSPS) is 11.4. The van der Waals surface area contributed by atoms with E-state index in [1.54, 1.807) is 32.4 Å². The maximum atomic E-state index is 9.37. The first-order chi connectivity index (χ1) is 9.71. The summed E-state index contributed by atoms with van der Waals surface area (Å²) in [5, 5.41) is 11.3. The van der Waals surface area contributed by atoms with E-state index in [4.69, 9.17) is 15.2 Å². The average Bonchev–Trinajstić information content (AvgIpc) is 3.01. The molecule has 0 saturated heterocycles. The van der Waals surface area contributed by atoms with Crippen molar-refractivity contribution in [2.45, 2.75) is 0 Å². The molecule has 2 rings (SSSR count). The van der Waals surface area contributed by atoms with Crippen molar-refractivity contribution in [2.75, 3.05) is 14.2 Å². The lowest BCUT2D eigenvalue weighted by Gasteiger charge is -2.12. The van der Waals surface area contributed by atoms with E-state index in [1.807, 2.05) is 17.5 Å². The average molecular weight is 286 g/mol. The molecule has 20 heavy (non-hydrogen) atoms. The van der Waals surface area contributed by atoms with Crippen LogP contribution in [-0.4, -0.2) is 14.2 Å². The van der Waals surface area contributed by atoms with Gasteiger partial charge in [0.05, 0.1) is 25.5 Å². The molecule has 0 bridgehead atoms. The van der Waals surface area contributed by atoms with Gasteiger partial charge in [0, 0.05) is 10.4 Å². The Labute approximate surface area is 121 Å². The van der Waals surface area contributed by atoms with Crippen molar-refractivity contribution >= 4 is 22.6 Å². The lowest BCUT2D eigenvalue weighted by molar-refractivity contribution is 0.402. The van der Waals surface area contributed by atoms with Crippen molar-refractivity contribution in [1.29, 1.82) is 5.26 Å². The fraction of sp³-hybridized carbons (Fsp3) is 0.133. The second kappa shape index (κ2) is 6.13. The highest BCUT2D eigenvalue weighted by atomic mass is 32.1. The Morgan fingerprint density at radius 2 is 2.05 bits per heavy atom. The molecule has 5 heteroatoms. The van der Waals surface area contributed by atoms with Gasteiger partial charge in [0.25, 0.3) is 0 Å². The fourth-order valence-electron chi connectivity index (χ4n) is 1.83. The molecule has 0 fully saturated rings. The fourth-order valence-corrected chi connectivity index (χ4v) is 2.56. The number of nitriles is 1. The van der Waals surface area contributed by atoms with E-state index in [9.17, 15) is 5.26 Å². The summed E-state index contributed by atoms with van der Waals surface area (Å²) in [5.74, 6) is 1.26. The minimum Gasteiger partial charge on any atom is -0.497 e. The van der Waals surface area contributed by atoms with E-state index in [1.165, 1.54) is 11.3 Å². The number of rotatable bonds is 4. The van der Waals surface area contributed by atoms with Crippen LogP contribution in [-0.2, 0) is 0 Å². The number of hydrogen-bond donors (Lipinski definition) is 1. The summed E-state index contributed by atoms with van der Waals surface area (Å²) in [6, 6.07) is 11.2. The number of methoxy groups -OCH3 is 2. The van der Waals surface area contributed by atoms with Crippen molar-refractivity contribution in [3.05, 3.63) is 46.2 Å².